The molecular formula is C17H13ClN2OS. The number of rotatable bonds is 4. The molecule has 1 aromatic heterocycles. The van der Waals surface area contributed by atoms with Crippen LogP contribution >= 0.6 is 23.4 Å². The highest BCUT2D eigenvalue weighted by Crippen LogP contribution is 2.22. The van der Waals surface area contributed by atoms with Gasteiger partial charge in [-0.15, -0.1) is 6.58 Å². The third-order valence-corrected chi connectivity index (χ3v) is 4.35. The molecule has 110 valence electrons. The second-order valence-corrected chi connectivity index (χ2v) is 6.05. The number of nitrogens with zero attached hydrogens (tertiary/aromatic N) is 2. The van der Waals surface area contributed by atoms with Crippen molar-refractivity contribution >= 4 is 34.3 Å². The molecule has 5 heteroatoms. The summed E-state index contributed by atoms with van der Waals surface area (Å²) in [6, 6.07) is 14.5. The number of halogens is 1. The fourth-order valence-corrected chi connectivity index (χ4v) is 3.03. The van der Waals surface area contributed by atoms with Crippen LogP contribution in [-0.4, -0.2) is 15.3 Å². The van der Waals surface area contributed by atoms with Crippen LogP contribution in [0.25, 0.3) is 16.6 Å². The average Bonchev–Trinajstić information content (AvgIpc) is 2.54. The minimum Gasteiger partial charge on any atom is -0.268 e. The van der Waals surface area contributed by atoms with Crippen LogP contribution in [-0.2, 0) is 0 Å². The summed E-state index contributed by atoms with van der Waals surface area (Å²) in [5.74, 6) is 0.679. The molecule has 1 heterocycles. The Hall–Kier alpha value is -2.04. The standard InChI is InChI=1S/C17H13ClN2OS/c1-2-11-22-17-19-15-6-4-3-5-14(15)16(21)20(17)13-9-7-12(18)8-10-13/h2-10H,1,11H2. The Morgan fingerprint density at radius 2 is 1.91 bits per heavy atom. The number of thioether (sulfide) groups is 1. The van der Waals surface area contributed by atoms with Gasteiger partial charge < -0.3 is 0 Å². The van der Waals surface area contributed by atoms with E-state index in [1.165, 1.54) is 11.8 Å². The third kappa shape index (κ3) is 2.80. The van der Waals surface area contributed by atoms with Crippen molar-refractivity contribution in [2.75, 3.05) is 5.75 Å². The van der Waals surface area contributed by atoms with Gasteiger partial charge in [-0.3, -0.25) is 9.36 Å². The first-order valence-electron chi connectivity index (χ1n) is 6.72. The van der Waals surface area contributed by atoms with Gasteiger partial charge in [-0.1, -0.05) is 41.6 Å². The molecule has 0 fully saturated rings. The minimum absolute atomic E-state index is 0.0838. The topological polar surface area (TPSA) is 34.9 Å². The monoisotopic (exact) mass is 328 g/mol. The molecule has 0 aliphatic rings. The van der Waals surface area contributed by atoms with E-state index in [0.717, 1.165) is 5.69 Å². The summed E-state index contributed by atoms with van der Waals surface area (Å²) >= 11 is 7.41. The Morgan fingerprint density at radius 1 is 1.18 bits per heavy atom. The van der Waals surface area contributed by atoms with Crippen LogP contribution < -0.4 is 5.56 Å². The number of hydrogen-bond donors (Lipinski definition) is 0. The highest BCUT2D eigenvalue weighted by molar-refractivity contribution is 7.99. The molecule has 0 unspecified atom stereocenters. The van der Waals surface area contributed by atoms with Crippen LogP contribution in [0.1, 0.15) is 0 Å². The molecule has 0 bridgehead atoms. The fraction of sp³-hybridized carbons (Fsp3) is 0.0588. The van der Waals surface area contributed by atoms with Gasteiger partial charge in [-0.2, -0.15) is 0 Å². The molecule has 3 rings (SSSR count). The van der Waals surface area contributed by atoms with E-state index in [0.29, 0.717) is 26.8 Å². The Labute approximate surface area is 137 Å². The molecule has 0 atom stereocenters. The van der Waals surface area contributed by atoms with Crippen LogP contribution in [0.3, 0.4) is 0 Å². The van der Waals surface area contributed by atoms with Crippen LogP contribution in [0.4, 0.5) is 0 Å². The van der Waals surface area contributed by atoms with Crippen LogP contribution in [0, 0.1) is 0 Å². The molecule has 0 radical (unpaired) electrons. The van der Waals surface area contributed by atoms with Crippen molar-refractivity contribution in [1.29, 1.82) is 0 Å². The maximum absolute atomic E-state index is 12.8. The van der Waals surface area contributed by atoms with Gasteiger partial charge in [0.05, 0.1) is 16.6 Å². The zero-order valence-electron chi connectivity index (χ0n) is 11.7. The van der Waals surface area contributed by atoms with Crippen molar-refractivity contribution in [1.82, 2.24) is 9.55 Å². The lowest BCUT2D eigenvalue weighted by Crippen LogP contribution is -2.21. The van der Waals surface area contributed by atoms with Crippen molar-refractivity contribution < 1.29 is 0 Å². The quantitative estimate of drug-likeness (QED) is 0.406. The molecule has 22 heavy (non-hydrogen) atoms. The summed E-state index contributed by atoms with van der Waals surface area (Å²) in [7, 11) is 0. The van der Waals surface area contributed by atoms with Gasteiger partial charge in [0.25, 0.3) is 5.56 Å². The predicted molar refractivity (Wildman–Crippen MR) is 93.3 cm³/mol. The molecular weight excluding hydrogens is 316 g/mol. The van der Waals surface area contributed by atoms with E-state index in [1.54, 1.807) is 28.8 Å². The second kappa shape index (κ2) is 6.38. The Bertz CT molecular complexity index is 887. The molecule has 0 spiro atoms. The van der Waals surface area contributed by atoms with E-state index in [4.69, 9.17) is 11.6 Å². The maximum Gasteiger partial charge on any atom is 0.266 e. The number of benzene rings is 2. The second-order valence-electron chi connectivity index (χ2n) is 4.63. The molecule has 0 amide bonds. The summed E-state index contributed by atoms with van der Waals surface area (Å²) in [4.78, 5) is 17.5. The normalized spacial score (nSPS) is 10.8. The first-order valence-corrected chi connectivity index (χ1v) is 8.08. The lowest BCUT2D eigenvalue weighted by molar-refractivity contribution is 0.821. The minimum atomic E-state index is -0.0838. The van der Waals surface area contributed by atoms with Crippen LogP contribution in [0.5, 0.6) is 0 Å². The van der Waals surface area contributed by atoms with E-state index in [2.05, 4.69) is 11.6 Å². The highest BCUT2D eigenvalue weighted by Gasteiger charge is 2.12. The SMILES string of the molecule is C=CCSc1nc2ccccc2c(=O)n1-c1ccc(Cl)cc1. The van der Waals surface area contributed by atoms with Gasteiger partial charge in [0.2, 0.25) is 0 Å². The maximum atomic E-state index is 12.8. The molecule has 0 N–H and O–H groups in total. The first kappa shape index (κ1) is 14.9. The summed E-state index contributed by atoms with van der Waals surface area (Å²) in [5.41, 5.74) is 1.36. The molecule has 2 aromatic carbocycles. The molecule has 3 aromatic rings. The number of fused-ring (bicyclic) bond motifs is 1. The van der Waals surface area contributed by atoms with Crippen molar-refractivity contribution in [3.8, 4) is 5.69 Å². The summed E-state index contributed by atoms with van der Waals surface area (Å²) < 4.78 is 1.62. The van der Waals surface area contributed by atoms with Gasteiger partial charge in [-0.25, -0.2) is 4.98 Å². The third-order valence-electron chi connectivity index (χ3n) is 3.16. The smallest absolute Gasteiger partial charge is 0.266 e. The van der Waals surface area contributed by atoms with Gasteiger partial charge >= 0.3 is 0 Å². The molecule has 0 aliphatic heterocycles. The van der Waals surface area contributed by atoms with Crippen molar-refractivity contribution in [2.24, 2.45) is 0 Å². The van der Waals surface area contributed by atoms with Gasteiger partial charge in [0.1, 0.15) is 0 Å². The average molecular weight is 329 g/mol. The lowest BCUT2D eigenvalue weighted by Gasteiger charge is -2.12. The zero-order valence-corrected chi connectivity index (χ0v) is 13.3. The van der Waals surface area contributed by atoms with Crippen LogP contribution in [0.15, 0.2) is 71.1 Å². The van der Waals surface area contributed by atoms with Gasteiger partial charge in [0, 0.05) is 10.8 Å². The van der Waals surface area contributed by atoms with Crippen LogP contribution in [0.2, 0.25) is 5.02 Å². The number of para-hydroxylation sites is 1. The lowest BCUT2D eigenvalue weighted by atomic mass is 10.2. The summed E-state index contributed by atoms with van der Waals surface area (Å²) in [6.45, 7) is 3.72. The fourth-order valence-electron chi connectivity index (χ4n) is 2.16. The van der Waals surface area contributed by atoms with E-state index in [1.807, 2.05) is 30.3 Å². The molecule has 3 nitrogen and oxygen atoms in total. The van der Waals surface area contributed by atoms with Gasteiger partial charge in [-0.05, 0) is 36.4 Å². The zero-order chi connectivity index (χ0) is 15.5. The first-order chi connectivity index (χ1) is 10.7. The van der Waals surface area contributed by atoms with E-state index < -0.39 is 0 Å². The summed E-state index contributed by atoms with van der Waals surface area (Å²) in [5, 5.41) is 1.87. The Kier molecular flexibility index (Phi) is 4.32. The number of hydrogen-bond acceptors (Lipinski definition) is 3. The molecule has 0 saturated carbocycles. The molecule has 0 saturated heterocycles. The number of aromatic nitrogens is 2. The van der Waals surface area contributed by atoms with Crippen molar-refractivity contribution in [2.45, 2.75) is 5.16 Å². The Morgan fingerprint density at radius 3 is 2.64 bits per heavy atom. The van der Waals surface area contributed by atoms with Crippen molar-refractivity contribution in [3.05, 3.63) is 76.6 Å². The highest BCUT2D eigenvalue weighted by atomic mass is 35.5. The van der Waals surface area contributed by atoms with Gasteiger partial charge in [0.15, 0.2) is 5.16 Å². The predicted octanol–water partition coefficient (Wildman–Crippen LogP) is 4.32. The van der Waals surface area contributed by atoms with Crippen molar-refractivity contribution in [3.63, 3.8) is 0 Å². The van der Waals surface area contributed by atoms with E-state index in [-0.39, 0.29) is 5.56 Å². The van der Waals surface area contributed by atoms with E-state index >= 15 is 0 Å². The summed E-state index contributed by atoms with van der Waals surface area (Å²) in [6.07, 6.45) is 1.79. The largest absolute Gasteiger partial charge is 0.268 e. The molecule has 0 aliphatic carbocycles. The Balaban J connectivity index is 2.29. The van der Waals surface area contributed by atoms with E-state index in [9.17, 15) is 4.79 Å².